The van der Waals surface area contributed by atoms with Crippen LogP contribution in [0.3, 0.4) is 0 Å². The molecule has 2 aliphatic heterocycles. The third-order valence-corrected chi connectivity index (χ3v) is 4.83. The number of anilines is 1. The molecule has 7 nitrogen and oxygen atoms in total. The van der Waals surface area contributed by atoms with Gasteiger partial charge in [-0.15, -0.1) is 0 Å². The van der Waals surface area contributed by atoms with Crippen molar-refractivity contribution in [2.24, 2.45) is 0 Å². The number of hydrogen-bond donors (Lipinski definition) is 2. The Morgan fingerprint density at radius 3 is 2.87 bits per heavy atom. The molecule has 1 unspecified atom stereocenters. The fourth-order valence-electron chi connectivity index (χ4n) is 3.38. The van der Waals surface area contributed by atoms with Gasteiger partial charge in [-0.3, -0.25) is 14.8 Å². The zero-order valence-corrected chi connectivity index (χ0v) is 14.2. The number of hydrogen-bond acceptors (Lipinski definition) is 5. The monoisotopic (exact) mass is 320 g/mol. The van der Waals surface area contributed by atoms with Crippen molar-refractivity contribution < 1.29 is 4.79 Å². The van der Waals surface area contributed by atoms with Crippen molar-refractivity contribution in [1.29, 1.82) is 0 Å². The van der Waals surface area contributed by atoms with E-state index in [4.69, 9.17) is 0 Å². The van der Waals surface area contributed by atoms with Crippen molar-refractivity contribution in [2.45, 2.75) is 18.8 Å². The minimum Gasteiger partial charge on any atom is -0.353 e. The zero-order valence-electron chi connectivity index (χ0n) is 14.2. The maximum Gasteiger partial charge on any atom is 0.236 e. The molecule has 1 amide bonds. The highest BCUT2D eigenvalue weighted by Gasteiger charge is 2.25. The number of aromatic nitrogens is 2. The van der Waals surface area contributed by atoms with Crippen molar-refractivity contribution in [3.05, 3.63) is 11.8 Å². The van der Waals surface area contributed by atoms with Crippen LogP contribution in [0.4, 0.5) is 5.82 Å². The van der Waals surface area contributed by atoms with Crippen LogP contribution in [0, 0.1) is 0 Å². The second-order valence-corrected chi connectivity index (χ2v) is 6.78. The summed E-state index contributed by atoms with van der Waals surface area (Å²) in [4.78, 5) is 18.2. The van der Waals surface area contributed by atoms with Crippen molar-refractivity contribution >= 4 is 11.7 Å². The van der Waals surface area contributed by atoms with E-state index in [1.807, 2.05) is 14.1 Å². The molecule has 3 rings (SSSR count). The number of piperidine rings is 1. The molecule has 1 aromatic rings. The molecular weight excluding hydrogens is 292 g/mol. The molecule has 2 N–H and O–H groups in total. The number of nitrogens with one attached hydrogen (secondary N) is 2. The van der Waals surface area contributed by atoms with Gasteiger partial charge in [0.2, 0.25) is 5.91 Å². The number of carbonyl (C=O) groups is 1. The molecular formula is C16H28N6O. The van der Waals surface area contributed by atoms with Crippen LogP contribution in [0.5, 0.6) is 0 Å². The van der Waals surface area contributed by atoms with Gasteiger partial charge in [-0.2, -0.15) is 5.10 Å². The van der Waals surface area contributed by atoms with Crippen molar-refractivity contribution in [3.8, 4) is 0 Å². The van der Waals surface area contributed by atoms with Gasteiger partial charge in [0.25, 0.3) is 0 Å². The number of piperazine rings is 1. The first kappa shape index (κ1) is 16.3. The van der Waals surface area contributed by atoms with Gasteiger partial charge in [0.05, 0.1) is 6.54 Å². The number of rotatable bonds is 4. The number of likely N-dealkylation sites (N-methyl/N-ethyl adjacent to an activating group) is 1. The first-order chi connectivity index (χ1) is 11.1. The van der Waals surface area contributed by atoms with Gasteiger partial charge in [0.15, 0.2) is 5.82 Å². The molecule has 2 saturated heterocycles. The first-order valence-corrected chi connectivity index (χ1v) is 8.57. The normalized spacial score (nSPS) is 23.0. The quantitative estimate of drug-likeness (QED) is 0.823. The fraction of sp³-hybridized carbons (Fsp3) is 0.750. The number of likely N-dealkylation sites (tertiary alicyclic amines) is 1. The minimum absolute atomic E-state index is 0.178. The lowest BCUT2D eigenvalue weighted by Crippen LogP contribution is -2.43. The molecule has 0 saturated carbocycles. The largest absolute Gasteiger partial charge is 0.353 e. The van der Waals surface area contributed by atoms with Crippen molar-refractivity contribution in [2.75, 3.05) is 64.8 Å². The Hall–Kier alpha value is -1.60. The molecule has 2 fully saturated rings. The van der Waals surface area contributed by atoms with Gasteiger partial charge >= 0.3 is 0 Å². The van der Waals surface area contributed by atoms with Crippen molar-refractivity contribution in [1.82, 2.24) is 25.3 Å². The van der Waals surface area contributed by atoms with Crippen LogP contribution >= 0.6 is 0 Å². The number of H-pyrrole nitrogens is 1. The second-order valence-electron chi connectivity index (χ2n) is 6.78. The van der Waals surface area contributed by atoms with E-state index < -0.39 is 0 Å². The topological polar surface area (TPSA) is 67.5 Å². The lowest BCUT2D eigenvalue weighted by atomic mass is 9.95. The van der Waals surface area contributed by atoms with Crippen LogP contribution in [-0.4, -0.2) is 85.8 Å². The predicted molar refractivity (Wildman–Crippen MR) is 90.8 cm³/mol. The van der Waals surface area contributed by atoms with Crippen LogP contribution in [0.2, 0.25) is 0 Å². The molecule has 0 spiro atoms. The summed E-state index contributed by atoms with van der Waals surface area (Å²) in [5, 5.41) is 11.1. The predicted octanol–water partition coefficient (Wildman–Crippen LogP) is 0.0869. The summed E-state index contributed by atoms with van der Waals surface area (Å²) >= 11 is 0. The Bertz CT molecular complexity index is 522. The Morgan fingerprint density at radius 2 is 2.13 bits per heavy atom. The Balaban J connectivity index is 1.60. The van der Waals surface area contributed by atoms with Crippen LogP contribution in [0.15, 0.2) is 6.07 Å². The number of aromatic amines is 1. The summed E-state index contributed by atoms with van der Waals surface area (Å²) in [7, 11) is 3.64. The Morgan fingerprint density at radius 1 is 1.35 bits per heavy atom. The maximum atomic E-state index is 11.9. The Labute approximate surface area is 138 Å². The molecule has 128 valence electrons. The summed E-state index contributed by atoms with van der Waals surface area (Å²) in [5.41, 5.74) is 1.21. The third kappa shape index (κ3) is 4.03. The number of nitrogens with zero attached hydrogens (tertiary/aromatic N) is 4. The molecule has 0 aromatic carbocycles. The summed E-state index contributed by atoms with van der Waals surface area (Å²) in [6, 6.07) is 2.20. The molecule has 0 aliphatic carbocycles. The van der Waals surface area contributed by atoms with Crippen LogP contribution < -0.4 is 10.2 Å². The molecule has 1 aromatic heterocycles. The van der Waals surface area contributed by atoms with E-state index in [0.717, 1.165) is 57.9 Å². The van der Waals surface area contributed by atoms with Crippen molar-refractivity contribution in [3.63, 3.8) is 0 Å². The highest BCUT2D eigenvalue weighted by molar-refractivity contribution is 5.77. The molecule has 1 atom stereocenters. The van der Waals surface area contributed by atoms with Crippen LogP contribution in [-0.2, 0) is 4.79 Å². The summed E-state index contributed by atoms with van der Waals surface area (Å²) in [6.45, 7) is 6.52. The average Bonchev–Trinajstić information content (AvgIpc) is 3.06. The average molecular weight is 320 g/mol. The maximum absolute atomic E-state index is 11.9. The van der Waals surface area contributed by atoms with Gasteiger partial charge < -0.3 is 15.1 Å². The molecule has 23 heavy (non-hydrogen) atoms. The zero-order chi connectivity index (χ0) is 16.2. The second kappa shape index (κ2) is 7.31. The van der Waals surface area contributed by atoms with E-state index in [1.54, 1.807) is 4.90 Å². The molecule has 0 bridgehead atoms. The van der Waals surface area contributed by atoms with E-state index in [9.17, 15) is 4.79 Å². The van der Waals surface area contributed by atoms with E-state index >= 15 is 0 Å². The van der Waals surface area contributed by atoms with E-state index in [0.29, 0.717) is 12.5 Å². The van der Waals surface area contributed by atoms with Gasteiger partial charge in [-0.25, -0.2) is 0 Å². The molecule has 2 aliphatic rings. The summed E-state index contributed by atoms with van der Waals surface area (Å²) in [5.74, 6) is 1.68. The fourth-order valence-corrected chi connectivity index (χ4v) is 3.38. The lowest BCUT2D eigenvalue weighted by Gasteiger charge is -2.32. The van der Waals surface area contributed by atoms with E-state index in [2.05, 4.69) is 31.4 Å². The lowest BCUT2D eigenvalue weighted by molar-refractivity contribution is -0.130. The molecule has 3 heterocycles. The van der Waals surface area contributed by atoms with E-state index in [1.165, 1.54) is 5.69 Å². The smallest absolute Gasteiger partial charge is 0.236 e. The number of carbonyl (C=O) groups excluding carboxylic acids is 1. The minimum atomic E-state index is 0.178. The van der Waals surface area contributed by atoms with Gasteiger partial charge in [-0.1, -0.05) is 0 Å². The van der Waals surface area contributed by atoms with Gasteiger partial charge in [0.1, 0.15) is 0 Å². The summed E-state index contributed by atoms with van der Waals surface area (Å²) < 4.78 is 0. The standard InChI is InChI=1S/C16H28N6O/c1-20(2)16(23)12-21-7-3-4-13(11-21)14-10-15(19-18-14)22-8-5-17-6-9-22/h10,13,17H,3-9,11-12H2,1-2H3,(H,18,19). The first-order valence-electron chi connectivity index (χ1n) is 8.57. The Kier molecular flexibility index (Phi) is 5.17. The van der Waals surface area contributed by atoms with Gasteiger partial charge in [-0.05, 0) is 19.4 Å². The van der Waals surface area contributed by atoms with Crippen LogP contribution in [0.25, 0.3) is 0 Å². The highest BCUT2D eigenvalue weighted by Crippen LogP contribution is 2.27. The summed E-state index contributed by atoms with van der Waals surface area (Å²) in [6.07, 6.45) is 2.29. The SMILES string of the molecule is CN(C)C(=O)CN1CCCC(c2cc(N3CCNCC3)n[nH]2)C1. The highest BCUT2D eigenvalue weighted by atomic mass is 16.2. The third-order valence-electron chi connectivity index (χ3n) is 4.83. The molecule has 0 radical (unpaired) electrons. The molecule has 7 heteroatoms. The van der Waals surface area contributed by atoms with E-state index in [-0.39, 0.29) is 5.91 Å². The van der Waals surface area contributed by atoms with Gasteiger partial charge in [0, 0.05) is 64.5 Å². The number of amides is 1. The van der Waals surface area contributed by atoms with Crippen LogP contribution in [0.1, 0.15) is 24.5 Å².